The lowest BCUT2D eigenvalue weighted by molar-refractivity contribution is -0.136. The Morgan fingerprint density at radius 1 is 1.03 bits per heavy atom. The Morgan fingerprint density at radius 2 is 1.81 bits per heavy atom. The van der Waals surface area contributed by atoms with Crippen LogP contribution in [-0.4, -0.2) is 29.8 Å². The number of hydrogen-bond acceptors (Lipinski definition) is 5. The summed E-state index contributed by atoms with van der Waals surface area (Å²) >= 11 is 1.64. The van der Waals surface area contributed by atoms with Crippen molar-refractivity contribution in [3.63, 3.8) is 0 Å². The molecule has 2 amide bonds. The molecule has 156 valence electrons. The number of thiophene rings is 1. The lowest BCUT2D eigenvalue weighted by atomic mass is 9.98. The van der Waals surface area contributed by atoms with Crippen LogP contribution in [0.3, 0.4) is 0 Å². The molecule has 2 N–H and O–H groups in total. The molecule has 31 heavy (non-hydrogen) atoms. The SMILES string of the molecule is N#Cc1ccccc1NC(=O)C(=O)NC[C@H](c1cccs1)N1CCc2ccccc2C1. The van der Waals surface area contributed by atoms with Gasteiger partial charge >= 0.3 is 11.8 Å². The number of carbonyl (C=O) groups is 2. The number of hydrogen-bond donors (Lipinski definition) is 2. The van der Waals surface area contributed by atoms with Gasteiger partial charge in [-0.3, -0.25) is 14.5 Å². The third-order valence-electron chi connectivity index (χ3n) is 5.43. The lowest BCUT2D eigenvalue weighted by Gasteiger charge is -2.35. The molecule has 0 aliphatic carbocycles. The molecule has 0 saturated heterocycles. The molecule has 0 saturated carbocycles. The minimum absolute atomic E-state index is 0.0171. The maximum Gasteiger partial charge on any atom is 0.313 e. The molecule has 0 radical (unpaired) electrons. The first kappa shape index (κ1) is 20.8. The van der Waals surface area contributed by atoms with Crippen molar-refractivity contribution in [3.8, 4) is 6.07 Å². The molecule has 0 bridgehead atoms. The van der Waals surface area contributed by atoms with Crippen molar-refractivity contribution < 1.29 is 9.59 Å². The number of benzene rings is 2. The Morgan fingerprint density at radius 3 is 2.58 bits per heavy atom. The van der Waals surface area contributed by atoms with Crippen molar-refractivity contribution in [2.45, 2.75) is 19.0 Å². The molecule has 0 fully saturated rings. The van der Waals surface area contributed by atoms with Crippen molar-refractivity contribution in [2.24, 2.45) is 0 Å². The van der Waals surface area contributed by atoms with Crippen LogP contribution in [-0.2, 0) is 22.6 Å². The number of anilines is 1. The zero-order valence-corrected chi connectivity index (χ0v) is 17.7. The van der Waals surface area contributed by atoms with Crippen LogP contribution in [0.25, 0.3) is 0 Å². The largest absolute Gasteiger partial charge is 0.346 e. The zero-order valence-electron chi connectivity index (χ0n) is 16.9. The second kappa shape index (κ2) is 9.56. The fourth-order valence-electron chi connectivity index (χ4n) is 3.81. The second-order valence-electron chi connectivity index (χ2n) is 7.34. The Hall–Kier alpha value is -3.47. The highest BCUT2D eigenvalue weighted by molar-refractivity contribution is 7.10. The van der Waals surface area contributed by atoms with Crippen LogP contribution in [0.2, 0.25) is 0 Å². The average Bonchev–Trinajstić information content (AvgIpc) is 3.34. The van der Waals surface area contributed by atoms with Gasteiger partial charge < -0.3 is 10.6 Å². The van der Waals surface area contributed by atoms with Crippen molar-refractivity contribution in [3.05, 3.63) is 87.6 Å². The number of amides is 2. The molecule has 2 aromatic carbocycles. The van der Waals surface area contributed by atoms with Gasteiger partial charge in [0.15, 0.2) is 0 Å². The zero-order chi connectivity index (χ0) is 21.6. The third kappa shape index (κ3) is 4.82. The number of rotatable bonds is 5. The van der Waals surface area contributed by atoms with Gasteiger partial charge in [-0.2, -0.15) is 5.26 Å². The molecular formula is C24H22N4O2S. The lowest BCUT2D eigenvalue weighted by Crippen LogP contribution is -2.43. The predicted molar refractivity (Wildman–Crippen MR) is 120 cm³/mol. The topological polar surface area (TPSA) is 85.2 Å². The van der Waals surface area contributed by atoms with Crippen molar-refractivity contribution in [1.82, 2.24) is 10.2 Å². The molecule has 0 unspecified atom stereocenters. The summed E-state index contributed by atoms with van der Waals surface area (Å²) in [6.07, 6.45) is 0.956. The van der Waals surface area contributed by atoms with E-state index in [1.54, 1.807) is 35.6 Å². The number of nitrogens with one attached hydrogen (secondary N) is 2. The quantitative estimate of drug-likeness (QED) is 0.607. The Labute approximate surface area is 185 Å². The maximum absolute atomic E-state index is 12.5. The first-order valence-electron chi connectivity index (χ1n) is 10.1. The molecule has 0 spiro atoms. The summed E-state index contributed by atoms with van der Waals surface area (Å²) in [7, 11) is 0. The summed E-state index contributed by atoms with van der Waals surface area (Å²) in [5.41, 5.74) is 3.30. The van der Waals surface area contributed by atoms with E-state index in [-0.39, 0.29) is 6.04 Å². The second-order valence-corrected chi connectivity index (χ2v) is 8.32. The standard InChI is InChI=1S/C24H22N4O2S/c25-14-18-7-3-4-9-20(18)27-24(30)23(29)26-15-21(22-10-5-13-31-22)28-12-11-17-6-1-2-8-19(17)16-28/h1-10,13,21H,11-12,15-16H2,(H,26,29)(H,27,30)/t21-/m1/s1. The van der Waals surface area contributed by atoms with Crippen LogP contribution >= 0.6 is 11.3 Å². The van der Waals surface area contributed by atoms with Crippen LogP contribution in [0, 0.1) is 11.3 Å². The highest BCUT2D eigenvalue weighted by Crippen LogP contribution is 2.30. The molecule has 7 heteroatoms. The van der Waals surface area contributed by atoms with Crippen LogP contribution in [0.15, 0.2) is 66.0 Å². The highest BCUT2D eigenvalue weighted by Gasteiger charge is 2.27. The first-order chi connectivity index (χ1) is 15.2. The Balaban J connectivity index is 1.43. The number of para-hydroxylation sites is 1. The molecule has 2 heterocycles. The van der Waals surface area contributed by atoms with E-state index in [4.69, 9.17) is 5.26 Å². The van der Waals surface area contributed by atoms with Gasteiger partial charge in [0.05, 0.1) is 17.3 Å². The van der Waals surface area contributed by atoms with Crippen LogP contribution in [0.1, 0.15) is 27.6 Å². The highest BCUT2D eigenvalue weighted by atomic mass is 32.1. The molecule has 3 aromatic rings. The van der Waals surface area contributed by atoms with Crippen LogP contribution < -0.4 is 10.6 Å². The number of carbonyl (C=O) groups excluding carboxylic acids is 2. The summed E-state index contributed by atoms with van der Waals surface area (Å²) < 4.78 is 0. The predicted octanol–water partition coefficient (Wildman–Crippen LogP) is 3.47. The van der Waals surface area contributed by atoms with Crippen LogP contribution in [0.4, 0.5) is 5.69 Å². The third-order valence-corrected chi connectivity index (χ3v) is 6.40. The maximum atomic E-state index is 12.5. The Kier molecular flexibility index (Phi) is 6.41. The number of nitrogens with zero attached hydrogens (tertiary/aromatic N) is 2. The van der Waals surface area contributed by atoms with E-state index < -0.39 is 11.8 Å². The fourth-order valence-corrected chi connectivity index (χ4v) is 4.67. The van der Waals surface area contributed by atoms with Gasteiger partial charge in [0.2, 0.25) is 0 Å². The van der Waals surface area contributed by atoms with Crippen molar-refractivity contribution >= 4 is 28.8 Å². The molecule has 6 nitrogen and oxygen atoms in total. The normalized spacial score (nSPS) is 14.2. The summed E-state index contributed by atoms with van der Waals surface area (Å²) in [4.78, 5) is 28.3. The van der Waals surface area contributed by atoms with E-state index in [1.807, 2.05) is 23.6 Å². The van der Waals surface area contributed by atoms with E-state index in [9.17, 15) is 9.59 Å². The Bertz CT molecular complexity index is 1120. The summed E-state index contributed by atoms with van der Waals surface area (Å²) in [6.45, 7) is 2.02. The number of nitriles is 1. The minimum Gasteiger partial charge on any atom is -0.346 e. The minimum atomic E-state index is -0.781. The van der Waals surface area contributed by atoms with Gasteiger partial charge in [0.25, 0.3) is 0 Å². The van der Waals surface area contributed by atoms with Crippen molar-refractivity contribution in [1.29, 1.82) is 5.26 Å². The van der Waals surface area contributed by atoms with E-state index >= 15 is 0 Å². The molecule has 4 rings (SSSR count). The molecule has 1 aliphatic heterocycles. The molecule has 1 aliphatic rings. The summed E-state index contributed by atoms with van der Waals surface area (Å²) in [6, 6.07) is 21.1. The van der Waals surface area contributed by atoms with E-state index in [0.717, 1.165) is 24.4 Å². The smallest absolute Gasteiger partial charge is 0.313 e. The number of fused-ring (bicyclic) bond motifs is 1. The molecule has 1 atom stereocenters. The van der Waals surface area contributed by atoms with Gasteiger partial charge in [-0.1, -0.05) is 42.5 Å². The van der Waals surface area contributed by atoms with Crippen LogP contribution in [0.5, 0.6) is 0 Å². The summed E-state index contributed by atoms with van der Waals surface area (Å²) in [5.74, 6) is -1.50. The first-order valence-corrected chi connectivity index (χ1v) is 11.0. The molecule has 1 aromatic heterocycles. The van der Waals surface area contributed by atoms with Gasteiger partial charge in [0, 0.05) is 24.5 Å². The monoisotopic (exact) mass is 430 g/mol. The van der Waals surface area contributed by atoms with Gasteiger partial charge in [0.1, 0.15) is 6.07 Å². The molecular weight excluding hydrogens is 408 g/mol. The van der Waals surface area contributed by atoms with Crippen molar-refractivity contribution in [2.75, 3.05) is 18.4 Å². The fraction of sp³-hybridized carbons (Fsp3) is 0.208. The van der Waals surface area contributed by atoms with Gasteiger partial charge in [-0.05, 0) is 41.1 Å². The van der Waals surface area contributed by atoms with E-state index in [0.29, 0.717) is 17.8 Å². The van der Waals surface area contributed by atoms with E-state index in [2.05, 4.69) is 39.8 Å². The summed E-state index contributed by atoms with van der Waals surface area (Å²) in [5, 5.41) is 16.5. The van der Waals surface area contributed by atoms with Gasteiger partial charge in [-0.25, -0.2) is 0 Å². The van der Waals surface area contributed by atoms with Gasteiger partial charge in [-0.15, -0.1) is 11.3 Å². The average molecular weight is 431 g/mol. The van der Waals surface area contributed by atoms with E-state index in [1.165, 1.54) is 11.1 Å².